The summed E-state index contributed by atoms with van der Waals surface area (Å²) in [6.45, 7) is 0. The molecule has 1 N–H and O–H groups in total. The highest BCUT2D eigenvalue weighted by atomic mass is 79.9. The van der Waals surface area contributed by atoms with Gasteiger partial charge in [-0.3, -0.25) is 4.79 Å². The fourth-order valence-corrected chi connectivity index (χ4v) is 1.84. The summed E-state index contributed by atoms with van der Waals surface area (Å²) in [6.07, 6.45) is 1.35. The minimum atomic E-state index is -0.665. The van der Waals surface area contributed by atoms with E-state index in [0.29, 0.717) is 0 Å². The van der Waals surface area contributed by atoms with Gasteiger partial charge in [-0.2, -0.15) is 0 Å². The first-order valence-corrected chi connectivity index (χ1v) is 5.75. The van der Waals surface area contributed by atoms with Crippen molar-refractivity contribution in [3.8, 4) is 0 Å². The zero-order valence-corrected chi connectivity index (χ0v) is 10.7. The second-order valence-corrected chi connectivity index (χ2v) is 4.29. The lowest BCUT2D eigenvalue weighted by atomic mass is 10.2. The number of furan rings is 1. The van der Waals surface area contributed by atoms with Crippen LogP contribution in [-0.2, 0) is 0 Å². The van der Waals surface area contributed by atoms with Crippen molar-refractivity contribution in [3.63, 3.8) is 0 Å². The minimum Gasteiger partial charge on any atom is -0.457 e. The average molecular weight is 319 g/mol. The molecule has 0 saturated heterocycles. The van der Waals surface area contributed by atoms with Crippen molar-refractivity contribution in [2.45, 2.75) is 0 Å². The second kappa shape index (κ2) is 4.89. The number of halogens is 3. The molecule has 6 heteroatoms. The first-order valence-electron chi connectivity index (χ1n) is 4.58. The van der Waals surface area contributed by atoms with E-state index in [4.69, 9.17) is 16.0 Å². The minimum absolute atomic E-state index is 0.0237. The first kappa shape index (κ1) is 12.1. The van der Waals surface area contributed by atoms with Crippen molar-refractivity contribution in [1.29, 1.82) is 0 Å². The monoisotopic (exact) mass is 317 g/mol. The van der Waals surface area contributed by atoms with E-state index in [2.05, 4.69) is 21.2 Å². The molecule has 0 bridgehead atoms. The Morgan fingerprint density at radius 2 is 2.18 bits per heavy atom. The highest BCUT2D eigenvalue weighted by Gasteiger charge is 2.15. The lowest BCUT2D eigenvalue weighted by molar-refractivity contribution is 0.102. The molecule has 0 saturated carbocycles. The van der Waals surface area contributed by atoms with Crippen molar-refractivity contribution < 1.29 is 13.6 Å². The number of hydrogen-bond acceptors (Lipinski definition) is 2. The third-order valence-electron chi connectivity index (χ3n) is 2.06. The molecule has 0 spiro atoms. The van der Waals surface area contributed by atoms with E-state index in [1.807, 2.05) is 0 Å². The molecule has 0 unspecified atom stereocenters. The summed E-state index contributed by atoms with van der Waals surface area (Å²) < 4.78 is 18.7. The largest absolute Gasteiger partial charge is 0.457 e. The topological polar surface area (TPSA) is 42.2 Å². The molecule has 0 fully saturated rings. The summed E-state index contributed by atoms with van der Waals surface area (Å²) in [5.74, 6) is -1.14. The molecule has 1 aromatic carbocycles. The Morgan fingerprint density at radius 3 is 2.82 bits per heavy atom. The van der Waals surface area contributed by atoms with Gasteiger partial charge in [0.2, 0.25) is 0 Å². The summed E-state index contributed by atoms with van der Waals surface area (Å²) in [4.78, 5) is 11.7. The van der Waals surface area contributed by atoms with Gasteiger partial charge in [0.1, 0.15) is 0 Å². The van der Waals surface area contributed by atoms with Gasteiger partial charge in [0.25, 0.3) is 5.91 Å². The lowest BCUT2D eigenvalue weighted by Crippen LogP contribution is -2.12. The molecule has 2 rings (SSSR count). The van der Waals surface area contributed by atoms with Crippen LogP contribution in [0.2, 0.25) is 5.02 Å². The molecule has 1 heterocycles. The molecule has 2 aromatic rings. The Bertz CT molecular complexity index is 570. The Balaban J connectivity index is 2.25. The molecule has 0 aliphatic heterocycles. The molecule has 0 aliphatic rings. The van der Waals surface area contributed by atoms with E-state index >= 15 is 0 Å². The summed E-state index contributed by atoms with van der Waals surface area (Å²) in [5, 5.41) is 2.36. The first-order chi connectivity index (χ1) is 8.09. The van der Waals surface area contributed by atoms with Crippen molar-refractivity contribution in [1.82, 2.24) is 0 Å². The fourth-order valence-electron chi connectivity index (χ4n) is 1.25. The number of carbonyl (C=O) groups is 1. The SMILES string of the molecule is O=C(Nc1cccc(Cl)c1F)c1ccoc1Br. The van der Waals surface area contributed by atoms with Gasteiger partial charge < -0.3 is 9.73 Å². The number of amides is 1. The molecule has 1 amide bonds. The molecular weight excluding hydrogens is 312 g/mol. The number of carbonyl (C=O) groups excluding carboxylic acids is 1. The maximum absolute atomic E-state index is 13.5. The van der Waals surface area contributed by atoms with Gasteiger partial charge >= 0.3 is 0 Å². The number of benzene rings is 1. The fraction of sp³-hybridized carbons (Fsp3) is 0. The predicted molar refractivity (Wildman–Crippen MR) is 65.8 cm³/mol. The molecular formula is C11H6BrClFNO2. The van der Waals surface area contributed by atoms with Gasteiger partial charge in [-0.05, 0) is 34.1 Å². The molecule has 88 valence electrons. The Morgan fingerprint density at radius 1 is 1.41 bits per heavy atom. The number of rotatable bonds is 2. The maximum Gasteiger partial charge on any atom is 0.260 e. The molecule has 17 heavy (non-hydrogen) atoms. The quantitative estimate of drug-likeness (QED) is 0.906. The van der Waals surface area contributed by atoms with Crippen molar-refractivity contribution >= 4 is 39.1 Å². The van der Waals surface area contributed by atoms with E-state index in [-0.39, 0.29) is 20.9 Å². The van der Waals surface area contributed by atoms with Gasteiger partial charge in [0.15, 0.2) is 10.5 Å². The maximum atomic E-state index is 13.5. The third-order valence-corrected chi connectivity index (χ3v) is 2.97. The standard InChI is InChI=1S/C11H6BrClFNO2/c12-10-6(4-5-17-10)11(16)15-8-3-1-2-7(13)9(8)14/h1-5H,(H,15,16). The second-order valence-electron chi connectivity index (χ2n) is 3.16. The van der Waals surface area contributed by atoms with Crippen LogP contribution >= 0.6 is 27.5 Å². The Labute approximate surface area is 110 Å². The van der Waals surface area contributed by atoms with Gasteiger partial charge in [-0.15, -0.1) is 0 Å². The summed E-state index contributed by atoms with van der Waals surface area (Å²) in [7, 11) is 0. The summed E-state index contributed by atoms with van der Waals surface area (Å²) in [6, 6.07) is 5.85. The summed E-state index contributed by atoms with van der Waals surface area (Å²) in [5.41, 5.74) is 0.306. The van der Waals surface area contributed by atoms with Crippen molar-refractivity contribution in [2.24, 2.45) is 0 Å². The van der Waals surface area contributed by atoms with Crippen LogP contribution in [0.5, 0.6) is 0 Å². The van der Waals surface area contributed by atoms with Crippen LogP contribution in [0.1, 0.15) is 10.4 Å². The van der Waals surface area contributed by atoms with Crippen LogP contribution in [-0.4, -0.2) is 5.91 Å². The van der Waals surface area contributed by atoms with Crippen LogP contribution in [0.3, 0.4) is 0 Å². The van der Waals surface area contributed by atoms with E-state index in [1.165, 1.54) is 24.5 Å². The van der Waals surface area contributed by atoms with Crippen molar-refractivity contribution in [2.75, 3.05) is 5.32 Å². The van der Waals surface area contributed by atoms with Crippen LogP contribution in [0.25, 0.3) is 0 Å². The van der Waals surface area contributed by atoms with Crippen LogP contribution < -0.4 is 5.32 Å². The number of nitrogens with one attached hydrogen (secondary N) is 1. The van der Waals surface area contributed by atoms with E-state index in [0.717, 1.165) is 0 Å². The molecule has 0 radical (unpaired) electrons. The molecule has 3 nitrogen and oxygen atoms in total. The number of hydrogen-bond donors (Lipinski definition) is 1. The van der Waals surface area contributed by atoms with E-state index in [9.17, 15) is 9.18 Å². The van der Waals surface area contributed by atoms with Crippen molar-refractivity contribution in [3.05, 3.63) is 51.6 Å². The zero-order chi connectivity index (χ0) is 12.4. The highest BCUT2D eigenvalue weighted by Crippen LogP contribution is 2.24. The Kier molecular flexibility index (Phi) is 3.49. The van der Waals surface area contributed by atoms with Gasteiger partial charge in [-0.25, -0.2) is 4.39 Å². The van der Waals surface area contributed by atoms with Gasteiger partial charge in [0.05, 0.1) is 22.5 Å². The van der Waals surface area contributed by atoms with E-state index < -0.39 is 11.7 Å². The van der Waals surface area contributed by atoms with Gasteiger partial charge in [-0.1, -0.05) is 17.7 Å². The van der Waals surface area contributed by atoms with E-state index in [1.54, 1.807) is 6.07 Å². The third kappa shape index (κ3) is 2.50. The van der Waals surface area contributed by atoms with Crippen LogP contribution in [0.4, 0.5) is 10.1 Å². The van der Waals surface area contributed by atoms with Gasteiger partial charge in [0, 0.05) is 0 Å². The predicted octanol–water partition coefficient (Wildman–Crippen LogP) is 4.09. The highest BCUT2D eigenvalue weighted by molar-refractivity contribution is 9.10. The lowest BCUT2D eigenvalue weighted by Gasteiger charge is -2.05. The smallest absolute Gasteiger partial charge is 0.260 e. The zero-order valence-electron chi connectivity index (χ0n) is 8.34. The number of anilines is 1. The normalized spacial score (nSPS) is 10.3. The Hall–Kier alpha value is -1.33. The molecule has 0 atom stereocenters. The molecule has 1 aromatic heterocycles. The summed E-state index contributed by atoms with van der Waals surface area (Å²) >= 11 is 8.67. The molecule has 0 aliphatic carbocycles. The average Bonchev–Trinajstić information content (AvgIpc) is 2.71. The van der Waals surface area contributed by atoms with Crippen LogP contribution in [0, 0.1) is 5.82 Å². The van der Waals surface area contributed by atoms with Crippen LogP contribution in [0.15, 0.2) is 39.6 Å².